The van der Waals surface area contributed by atoms with E-state index in [1.54, 1.807) is 12.1 Å². The van der Waals surface area contributed by atoms with Gasteiger partial charge in [-0.2, -0.15) is 0 Å². The third-order valence-corrected chi connectivity index (χ3v) is 3.21. The number of carbonyl (C=O) groups is 1. The SMILES string of the molecule is CC(C)(C)Oc1ccccc1CNC(=O)Cc1ccc(N)cc1. The summed E-state index contributed by atoms with van der Waals surface area (Å²) in [5.74, 6) is 0.771. The molecule has 23 heavy (non-hydrogen) atoms. The molecule has 4 nitrogen and oxygen atoms in total. The number of hydrogen-bond donors (Lipinski definition) is 2. The van der Waals surface area contributed by atoms with Crippen LogP contribution in [0.15, 0.2) is 48.5 Å². The maximum absolute atomic E-state index is 12.1. The van der Waals surface area contributed by atoms with Crippen molar-refractivity contribution in [1.29, 1.82) is 0 Å². The van der Waals surface area contributed by atoms with Crippen molar-refractivity contribution >= 4 is 11.6 Å². The Labute approximate surface area is 137 Å². The monoisotopic (exact) mass is 312 g/mol. The number of amides is 1. The Kier molecular flexibility index (Phi) is 5.27. The van der Waals surface area contributed by atoms with Crippen LogP contribution in [0.1, 0.15) is 31.9 Å². The molecule has 0 bridgehead atoms. The molecule has 0 aliphatic rings. The van der Waals surface area contributed by atoms with E-state index in [2.05, 4.69) is 5.32 Å². The van der Waals surface area contributed by atoms with Gasteiger partial charge in [0, 0.05) is 17.8 Å². The van der Waals surface area contributed by atoms with Crippen LogP contribution in [0.4, 0.5) is 5.69 Å². The summed E-state index contributed by atoms with van der Waals surface area (Å²) in [4.78, 5) is 12.1. The van der Waals surface area contributed by atoms with E-state index in [9.17, 15) is 4.79 Å². The molecule has 0 unspecified atom stereocenters. The Bertz CT molecular complexity index is 658. The lowest BCUT2D eigenvalue weighted by Crippen LogP contribution is -2.27. The summed E-state index contributed by atoms with van der Waals surface area (Å²) >= 11 is 0. The van der Waals surface area contributed by atoms with Crippen molar-refractivity contribution in [3.8, 4) is 5.75 Å². The molecular weight excluding hydrogens is 288 g/mol. The molecule has 0 spiro atoms. The molecular formula is C19H24N2O2. The second-order valence-electron chi connectivity index (χ2n) is 6.52. The number of anilines is 1. The highest BCUT2D eigenvalue weighted by atomic mass is 16.5. The molecule has 0 aliphatic heterocycles. The van der Waals surface area contributed by atoms with Crippen LogP contribution in [0.5, 0.6) is 5.75 Å². The van der Waals surface area contributed by atoms with Crippen LogP contribution in [-0.2, 0) is 17.8 Å². The predicted molar refractivity (Wildman–Crippen MR) is 93.2 cm³/mol. The van der Waals surface area contributed by atoms with E-state index in [0.29, 0.717) is 18.7 Å². The van der Waals surface area contributed by atoms with E-state index >= 15 is 0 Å². The van der Waals surface area contributed by atoms with Crippen LogP contribution in [0, 0.1) is 0 Å². The number of nitrogen functional groups attached to an aromatic ring is 1. The molecule has 2 aromatic rings. The highest BCUT2D eigenvalue weighted by Crippen LogP contribution is 2.22. The fourth-order valence-electron chi connectivity index (χ4n) is 2.16. The molecule has 0 aromatic heterocycles. The first-order chi connectivity index (χ1) is 10.8. The number of para-hydroxylation sites is 1. The number of hydrogen-bond acceptors (Lipinski definition) is 3. The Morgan fingerprint density at radius 1 is 1.09 bits per heavy atom. The van der Waals surface area contributed by atoms with Crippen LogP contribution >= 0.6 is 0 Å². The van der Waals surface area contributed by atoms with Crippen LogP contribution < -0.4 is 15.8 Å². The highest BCUT2D eigenvalue weighted by molar-refractivity contribution is 5.78. The third kappa shape index (κ3) is 5.66. The molecule has 0 saturated carbocycles. The van der Waals surface area contributed by atoms with Gasteiger partial charge in [-0.05, 0) is 44.5 Å². The van der Waals surface area contributed by atoms with Gasteiger partial charge < -0.3 is 15.8 Å². The minimum atomic E-state index is -0.274. The number of nitrogens with two attached hydrogens (primary N) is 1. The van der Waals surface area contributed by atoms with Crippen LogP contribution in [0.3, 0.4) is 0 Å². The first-order valence-corrected chi connectivity index (χ1v) is 7.71. The van der Waals surface area contributed by atoms with E-state index in [4.69, 9.17) is 10.5 Å². The van der Waals surface area contributed by atoms with Gasteiger partial charge in [-0.15, -0.1) is 0 Å². The zero-order chi connectivity index (χ0) is 16.9. The standard InChI is InChI=1S/C19H24N2O2/c1-19(2,3)23-17-7-5-4-6-15(17)13-21-18(22)12-14-8-10-16(20)11-9-14/h4-11H,12-13,20H2,1-3H3,(H,21,22). The predicted octanol–water partition coefficient (Wildman–Crippen LogP) is 3.31. The van der Waals surface area contributed by atoms with Crippen LogP contribution in [0.25, 0.3) is 0 Å². The fraction of sp³-hybridized carbons (Fsp3) is 0.316. The summed E-state index contributed by atoms with van der Waals surface area (Å²) in [7, 11) is 0. The molecule has 2 aromatic carbocycles. The van der Waals surface area contributed by atoms with Gasteiger partial charge in [0.2, 0.25) is 5.91 Å². The highest BCUT2D eigenvalue weighted by Gasteiger charge is 2.14. The normalized spacial score (nSPS) is 11.1. The Hall–Kier alpha value is -2.49. The lowest BCUT2D eigenvalue weighted by molar-refractivity contribution is -0.120. The molecule has 0 heterocycles. The molecule has 2 rings (SSSR count). The van der Waals surface area contributed by atoms with Gasteiger partial charge in [-0.25, -0.2) is 0 Å². The Morgan fingerprint density at radius 2 is 1.74 bits per heavy atom. The summed E-state index contributed by atoms with van der Waals surface area (Å²) in [6.45, 7) is 6.45. The lowest BCUT2D eigenvalue weighted by atomic mass is 10.1. The second-order valence-corrected chi connectivity index (χ2v) is 6.52. The van der Waals surface area contributed by atoms with Crippen LogP contribution in [0.2, 0.25) is 0 Å². The smallest absolute Gasteiger partial charge is 0.224 e. The summed E-state index contributed by atoms with van der Waals surface area (Å²) in [6.07, 6.45) is 0.336. The first-order valence-electron chi connectivity index (χ1n) is 7.71. The van der Waals surface area contributed by atoms with Gasteiger partial charge in [-0.3, -0.25) is 4.79 Å². The third-order valence-electron chi connectivity index (χ3n) is 3.21. The summed E-state index contributed by atoms with van der Waals surface area (Å²) in [6, 6.07) is 15.1. The summed E-state index contributed by atoms with van der Waals surface area (Å²) in [5.41, 5.74) is 7.97. The van der Waals surface area contributed by atoms with Crippen molar-refractivity contribution < 1.29 is 9.53 Å². The second kappa shape index (κ2) is 7.18. The summed E-state index contributed by atoms with van der Waals surface area (Å²) < 4.78 is 5.93. The van der Waals surface area contributed by atoms with E-state index in [-0.39, 0.29) is 11.5 Å². The minimum absolute atomic E-state index is 0.0275. The average molecular weight is 312 g/mol. The van der Waals surface area contributed by atoms with Crippen molar-refractivity contribution in [2.24, 2.45) is 0 Å². The number of rotatable bonds is 5. The number of nitrogens with one attached hydrogen (secondary N) is 1. The van der Waals surface area contributed by atoms with E-state index in [1.165, 1.54) is 0 Å². The van der Waals surface area contributed by atoms with Gasteiger partial charge in [0.25, 0.3) is 0 Å². The lowest BCUT2D eigenvalue weighted by Gasteiger charge is -2.23. The number of ether oxygens (including phenoxy) is 1. The fourth-order valence-corrected chi connectivity index (χ4v) is 2.16. The molecule has 1 amide bonds. The minimum Gasteiger partial charge on any atom is -0.488 e. The van der Waals surface area contributed by atoms with Gasteiger partial charge in [0.1, 0.15) is 11.4 Å². The van der Waals surface area contributed by atoms with Crippen molar-refractivity contribution in [3.05, 3.63) is 59.7 Å². The van der Waals surface area contributed by atoms with Gasteiger partial charge in [0.05, 0.1) is 6.42 Å². The largest absolute Gasteiger partial charge is 0.488 e. The zero-order valence-electron chi connectivity index (χ0n) is 13.9. The molecule has 0 radical (unpaired) electrons. The first kappa shape index (κ1) is 16.9. The van der Waals surface area contributed by atoms with Crippen molar-refractivity contribution in [3.63, 3.8) is 0 Å². The average Bonchev–Trinajstić information content (AvgIpc) is 2.47. The Balaban J connectivity index is 1.95. The molecule has 4 heteroatoms. The van der Waals surface area contributed by atoms with E-state index in [0.717, 1.165) is 16.9 Å². The molecule has 0 aliphatic carbocycles. The maximum atomic E-state index is 12.1. The summed E-state index contributed by atoms with van der Waals surface area (Å²) in [5, 5.41) is 2.94. The molecule has 3 N–H and O–H groups in total. The molecule has 122 valence electrons. The van der Waals surface area contributed by atoms with Gasteiger partial charge in [0.15, 0.2) is 0 Å². The zero-order valence-corrected chi connectivity index (χ0v) is 13.9. The van der Waals surface area contributed by atoms with Crippen molar-refractivity contribution in [2.75, 3.05) is 5.73 Å². The van der Waals surface area contributed by atoms with Crippen LogP contribution in [-0.4, -0.2) is 11.5 Å². The molecule has 0 fully saturated rings. The van der Waals surface area contributed by atoms with E-state index in [1.807, 2.05) is 57.2 Å². The van der Waals surface area contributed by atoms with E-state index < -0.39 is 0 Å². The number of benzene rings is 2. The Morgan fingerprint density at radius 3 is 2.39 bits per heavy atom. The topological polar surface area (TPSA) is 64.3 Å². The molecule has 0 saturated heterocycles. The van der Waals surface area contributed by atoms with Gasteiger partial charge in [-0.1, -0.05) is 30.3 Å². The van der Waals surface area contributed by atoms with Crippen molar-refractivity contribution in [2.45, 2.75) is 39.3 Å². The van der Waals surface area contributed by atoms with Crippen molar-refractivity contribution in [1.82, 2.24) is 5.32 Å². The maximum Gasteiger partial charge on any atom is 0.224 e. The number of carbonyl (C=O) groups excluding carboxylic acids is 1. The molecule has 0 atom stereocenters. The quantitative estimate of drug-likeness (QED) is 0.833. The van der Waals surface area contributed by atoms with Gasteiger partial charge >= 0.3 is 0 Å².